The van der Waals surface area contributed by atoms with Crippen LogP contribution < -0.4 is 28.4 Å². The summed E-state index contributed by atoms with van der Waals surface area (Å²) in [4.78, 5) is 54.3. The Labute approximate surface area is 395 Å². The molecule has 4 aromatic rings. The van der Waals surface area contributed by atoms with Gasteiger partial charge >= 0.3 is 23.9 Å². The third kappa shape index (κ3) is 10.1. The molecule has 0 unspecified atom stereocenters. The first kappa shape index (κ1) is 47.9. The monoisotopic (exact) mass is 938 g/mol. The van der Waals surface area contributed by atoms with E-state index in [4.69, 9.17) is 52.1 Å². The highest BCUT2D eigenvalue weighted by molar-refractivity contribution is 5.69. The predicted octanol–water partition coefficient (Wildman–Crippen LogP) is 6.62. The minimum absolute atomic E-state index is 0.0101. The molecule has 0 amide bonds. The molecule has 6 bridgehead atoms. The van der Waals surface area contributed by atoms with E-state index in [9.17, 15) is 19.2 Å². The van der Waals surface area contributed by atoms with Crippen molar-refractivity contribution >= 4 is 23.9 Å². The summed E-state index contributed by atoms with van der Waals surface area (Å²) in [5.41, 5.74) is 6.23. The predicted molar refractivity (Wildman–Crippen MR) is 244 cm³/mol. The van der Waals surface area contributed by atoms with Crippen LogP contribution in [0, 0.1) is 0 Å². The van der Waals surface area contributed by atoms with E-state index in [1.54, 1.807) is 27.4 Å². The first-order valence-electron chi connectivity index (χ1n) is 22.6. The number of esters is 4. The minimum atomic E-state index is -1.50. The van der Waals surface area contributed by atoms with Gasteiger partial charge in [-0.3, -0.25) is 29.0 Å². The molecular formula is C51H58N2O15. The molecule has 0 aliphatic carbocycles. The van der Waals surface area contributed by atoms with Gasteiger partial charge in [0.25, 0.3) is 0 Å². The topological polar surface area (TPSA) is 176 Å². The van der Waals surface area contributed by atoms with E-state index in [0.29, 0.717) is 47.3 Å². The number of fused-ring (bicyclic) bond motifs is 2. The zero-order chi connectivity index (χ0) is 48.4. The lowest BCUT2D eigenvalue weighted by atomic mass is 9.87. The molecule has 1 fully saturated rings. The highest BCUT2D eigenvalue weighted by atomic mass is 16.7. The third-order valence-corrected chi connectivity index (χ3v) is 12.8. The molecule has 5 aliphatic heterocycles. The van der Waals surface area contributed by atoms with Crippen LogP contribution in [0.2, 0.25) is 0 Å². The molecule has 4 aromatic carbocycles. The highest BCUT2D eigenvalue weighted by Gasteiger charge is 2.53. The maximum atomic E-state index is 12.7. The number of hydrogen-bond acceptors (Lipinski definition) is 17. The SMILES string of the molecule is COc1cc2c3cc1Oc1c(OC)c(OC)cc4c1[C@@H](Cc1ccc(O[C@@H]5O[C@H](COC(C)=O)[C@H](OC(C)=O)[C@H](OC(C)=O)[C@H]5OC(C)=O)c(c1)Oc1ccc(cc1)C[C@@H]3N(C)CC2)N(C)CC4. The summed E-state index contributed by atoms with van der Waals surface area (Å²) in [7, 11) is 9.07. The van der Waals surface area contributed by atoms with E-state index >= 15 is 0 Å². The quantitative estimate of drug-likeness (QED) is 0.122. The van der Waals surface area contributed by atoms with Crippen molar-refractivity contribution in [1.29, 1.82) is 0 Å². The maximum absolute atomic E-state index is 12.7. The molecule has 17 nitrogen and oxygen atoms in total. The van der Waals surface area contributed by atoms with Crippen LogP contribution in [-0.2, 0) is 68.5 Å². The smallest absolute Gasteiger partial charge is 0.303 e. The fourth-order valence-electron chi connectivity index (χ4n) is 9.61. The second kappa shape index (κ2) is 20.3. The Morgan fingerprint density at radius 1 is 0.618 bits per heavy atom. The van der Waals surface area contributed by atoms with E-state index in [-0.39, 0.29) is 23.6 Å². The molecule has 0 aromatic heterocycles. The van der Waals surface area contributed by atoms with E-state index in [0.717, 1.165) is 67.6 Å². The van der Waals surface area contributed by atoms with Crippen LogP contribution in [0.5, 0.6) is 46.0 Å². The Morgan fingerprint density at radius 3 is 1.88 bits per heavy atom. The highest BCUT2D eigenvalue weighted by Crippen LogP contribution is 2.52. The zero-order valence-electron chi connectivity index (χ0n) is 39.8. The lowest BCUT2D eigenvalue weighted by Crippen LogP contribution is -2.63. The van der Waals surface area contributed by atoms with Crippen molar-refractivity contribution in [1.82, 2.24) is 9.80 Å². The van der Waals surface area contributed by atoms with Gasteiger partial charge in [0.15, 0.2) is 46.7 Å². The molecule has 0 spiro atoms. The average molecular weight is 939 g/mol. The van der Waals surface area contributed by atoms with Gasteiger partial charge < -0.3 is 52.1 Å². The number of hydrogen-bond donors (Lipinski definition) is 0. The number of carbonyl (C=O) groups is 4. The van der Waals surface area contributed by atoms with Crippen molar-refractivity contribution in [2.75, 3.05) is 55.1 Å². The summed E-state index contributed by atoms with van der Waals surface area (Å²) in [6, 6.07) is 19.3. The van der Waals surface area contributed by atoms with Crippen molar-refractivity contribution < 1.29 is 71.3 Å². The molecule has 362 valence electrons. The summed E-state index contributed by atoms with van der Waals surface area (Å²) >= 11 is 0. The summed E-state index contributed by atoms with van der Waals surface area (Å²) < 4.78 is 67.1. The summed E-state index contributed by atoms with van der Waals surface area (Å²) in [6.45, 7) is 5.87. The number of carbonyl (C=O) groups excluding carboxylic acids is 4. The second-order valence-corrected chi connectivity index (χ2v) is 17.4. The van der Waals surface area contributed by atoms with Crippen LogP contribution in [0.25, 0.3) is 0 Å². The van der Waals surface area contributed by atoms with Crippen LogP contribution in [0.3, 0.4) is 0 Å². The van der Waals surface area contributed by atoms with E-state index in [1.807, 2.05) is 42.5 Å². The lowest BCUT2D eigenvalue weighted by Gasteiger charge is -2.44. The van der Waals surface area contributed by atoms with Gasteiger partial charge in [-0.15, -0.1) is 0 Å². The van der Waals surface area contributed by atoms with E-state index in [1.165, 1.54) is 19.4 Å². The van der Waals surface area contributed by atoms with Gasteiger partial charge in [0.05, 0.1) is 21.3 Å². The van der Waals surface area contributed by atoms with Crippen molar-refractivity contribution in [3.8, 4) is 46.0 Å². The van der Waals surface area contributed by atoms with Gasteiger partial charge in [-0.1, -0.05) is 18.2 Å². The Bertz CT molecular complexity index is 2550. The largest absolute Gasteiger partial charge is 0.493 e. The third-order valence-electron chi connectivity index (χ3n) is 12.8. The standard InChI is InChI=1S/C51H58N2O15/c1-27(54)61-26-44-47(62-28(2)55)49(63-29(3)56)50(64-30(4)57)51(68-44)67-39-15-12-32-21-38-45-34(17-19-53(38)6)24-43(59-8)46(60-9)48(45)66-42-25-36-33(23-40(42)58-7)16-18-52(5)37(36)20-31-10-13-35(14-11-31)65-41(39)22-32/h10-15,22-25,37-38,44,47,49-51H,16-21,26H2,1-9H3/t37-,38+,44+,47-,49-,50+,51+/m0/s1. The Hall–Kier alpha value is -6.56. The lowest BCUT2D eigenvalue weighted by molar-refractivity contribution is -0.288. The number of methoxy groups -OCH3 is 3. The van der Waals surface area contributed by atoms with Crippen LogP contribution in [0.15, 0.2) is 60.7 Å². The summed E-state index contributed by atoms with van der Waals surface area (Å²) in [5, 5.41) is 0. The fraction of sp³-hybridized carbons (Fsp3) is 0.451. The minimum Gasteiger partial charge on any atom is -0.493 e. The van der Waals surface area contributed by atoms with Crippen molar-refractivity contribution in [3.63, 3.8) is 0 Å². The van der Waals surface area contributed by atoms with Crippen molar-refractivity contribution in [2.45, 2.75) is 96.2 Å². The molecule has 5 aliphatic rings. The zero-order valence-corrected chi connectivity index (χ0v) is 39.8. The first-order valence-corrected chi connectivity index (χ1v) is 22.6. The molecule has 0 N–H and O–H groups in total. The van der Waals surface area contributed by atoms with Crippen LogP contribution >= 0.6 is 0 Å². The van der Waals surface area contributed by atoms with Crippen molar-refractivity contribution in [3.05, 3.63) is 94.0 Å². The molecule has 17 heteroatoms. The molecule has 5 heterocycles. The number of nitrogens with zero attached hydrogens (tertiary/aromatic N) is 2. The Morgan fingerprint density at radius 2 is 1.22 bits per heavy atom. The molecule has 0 saturated carbocycles. The molecule has 68 heavy (non-hydrogen) atoms. The first-order chi connectivity index (χ1) is 32.6. The molecule has 1 saturated heterocycles. The molecule has 0 radical (unpaired) electrons. The Balaban J connectivity index is 1.26. The van der Waals surface area contributed by atoms with Gasteiger partial charge in [0.1, 0.15) is 18.5 Å². The van der Waals surface area contributed by atoms with Crippen LogP contribution in [0.4, 0.5) is 0 Å². The van der Waals surface area contributed by atoms with Gasteiger partial charge in [-0.05, 0) is 110 Å². The summed E-state index contributed by atoms with van der Waals surface area (Å²) in [5.74, 6) is 0.741. The van der Waals surface area contributed by atoms with Crippen molar-refractivity contribution in [2.24, 2.45) is 0 Å². The number of benzene rings is 4. The van der Waals surface area contributed by atoms with Gasteiger partial charge in [-0.2, -0.15) is 0 Å². The second-order valence-electron chi connectivity index (χ2n) is 17.4. The number of ether oxygens (including phenoxy) is 11. The summed E-state index contributed by atoms with van der Waals surface area (Å²) in [6.07, 6.45) is -4.25. The van der Waals surface area contributed by atoms with E-state index < -0.39 is 61.2 Å². The number of rotatable bonds is 10. The van der Waals surface area contributed by atoms with Crippen LogP contribution in [0.1, 0.15) is 73.2 Å². The Kier molecular flexibility index (Phi) is 14.3. The van der Waals surface area contributed by atoms with Crippen LogP contribution in [-0.4, -0.2) is 120 Å². The molecule has 9 rings (SSSR count). The van der Waals surface area contributed by atoms with Gasteiger partial charge in [0, 0.05) is 58.4 Å². The molecular weight excluding hydrogens is 881 g/mol. The average Bonchev–Trinajstić information content (AvgIpc) is 3.29. The normalized spacial score (nSPS) is 23.2. The van der Waals surface area contributed by atoms with Gasteiger partial charge in [-0.25, -0.2) is 0 Å². The van der Waals surface area contributed by atoms with E-state index in [2.05, 4.69) is 36.0 Å². The van der Waals surface area contributed by atoms with Gasteiger partial charge in [0.2, 0.25) is 18.1 Å². The number of likely N-dealkylation sites (N-methyl/N-ethyl adjacent to an activating group) is 2. The fourth-order valence-corrected chi connectivity index (χ4v) is 9.61. The maximum Gasteiger partial charge on any atom is 0.303 e. The molecule has 7 atom stereocenters.